The van der Waals surface area contributed by atoms with E-state index in [9.17, 15) is 10.2 Å². The highest BCUT2D eigenvalue weighted by molar-refractivity contribution is 5.35. The van der Waals surface area contributed by atoms with E-state index in [2.05, 4.69) is 24.4 Å². The highest BCUT2D eigenvalue weighted by atomic mass is 16.3. The molecule has 2 rings (SSSR count). The van der Waals surface area contributed by atoms with Crippen LogP contribution in [0.5, 0.6) is 5.75 Å². The number of hydrogen-bond donors (Lipinski definition) is 3. The molecule has 2 aromatic carbocycles. The molecule has 0 heterocycles. The van der Waals surface area contributed by atoms with Gasteiger partial charge in [-0.1, -0.05) is 48.9 Å². The number of aliphatic hydroxyl groups is 1. The molecule has 0 saturated carbocycles. The molecule has 3 N–H and O–H groups in total. The van der Waals surface area contributed by atoms with Crippen molar-refractivity contribution in [3.63, 3.8) is 0 Å². The molecule has 0 fully saturated rings. The molecule has 2 aromatic rings. The van der Waals surface area contributed by atoms with E-state index in [1.807, 2.05) is 31.2 Å². The van der Waals surface area contributed by atoms with E-state index < -0.39 is 0 Å². The van der Waals surface area contributed by atoms with Gasteiger partial charge in [-0.2, -0.15) is 0 Å². The second kappa shape index (κ2) is 7.25. The third kappa shape index (κ3) is 4.06. The number of hydrogen-bond acceptors (Lipinski definition) is 3. The van der Waals surface area contributed by atoms with Crippen LogP contribution < -0.4 is 5.32 Å². The molecule has 0 aliphatic heterocycles. The minimum absolute atomic E-state index is 0.0258. The van der Waals surface area contributed by atoms with E-state index in [1.165, 1.54) is 5.56 Å². The molecule has 3 nitrogen and oxygen atoms in total. The van der Waals surface area contributed by atoms with Gasteiger partial charge >= 0.3 is 0 Å². The minimum atomic E-state index is -0.129. The van der Waals surface area contributed by atoms with Crippen LogP contribution in [0.4, 0.5) is 0 Å². The maximum Gasteiger partial charge on any atom is 0.120 e. The smallest absolute Gasteiger partial charge is 0.120 e. The zero-order valence-corrected chi connectivity index (χ0v) is 12.6. The van der Waals surface area contributed by atoms with Gasteiger partial charge in [0, 0.05) is 12.1 Å². The van der Waals surface area contributed by atoms with Crippen LogP contribution in [-0.2, 0) is 13.0 Å². The maximum atomic E-state index is 9.86. The number of phenols is 1. The summed E-state index contributed by atoms with van der Waals surface area (Å²) in [5.41, 5.74) is 4.30. The molecule has 112 valence electrons. The van der Waals surface area contributed by atoms with E-state index in [4.69, 9.17) is 0 Å². The van der Waals surface area contributed by atoms with E-state index >= 15 is 0 Å². The van der Waals surface area contributed by atoms with Crippen molar-refractivity contribution in [1.82, 2.24) is 5.32 Å². The third-order valence-corrected chi connectivity index (χ3v) is 3.75. The Hall–Kier alpha value is -1.84. The highest BCUT2D eigenvalue weighted by Gasteiger charge is 2.11. The molecule has 0 spiro atoms. The molecule has 0 amide bonds. The Kier molecular flexibility index (Phi) is 5.37. The lowest BCUT2D eigenvalue weighted by Crippen LogP contribution is -2.24. The fraction of sp³-hybridized carbons (Fsp3) is 0.333. The summed E-state index contributed by atoms with van der Waals surface area (Å²) in [6.45, 7) is 4.67. The number of nitrogens with one attached hydrogen (secondary N) is 1. The van der Waals surface area contributed by atoms with Gasteiger partial charge in [0.05, 0.1) is 12.6 Å². The van der Waals surface area contributed by atoms with Gasteiger partial charge < -0.3 is 15.5 Å². The summed E-state index contributed by atoms with van der Waals surface area (Å²) in [4.78, 5) is 0. The average Bonchev–Trinajstić information content (AvgIpc) is 2.51. The number of aromatic hydroxyl groups is 1. The van der Waals surface area contributed by atoms with Crippen LogP contribution in [0.1, 0.15) is 35.2 Å². The van der Waals surface area contributed by atoms with Gasteiger partial charge in [-0.15, -0.1) is 0 Å². The number of aryl methyl sites for hydroxylation is 2. The lowest BCUT2D eigenvalue weighted by molar-refractivity contribution is 0.243. The molecule has 3 heteroatoms. The lowest BCUT2D eigenvalue weighted by atomic mass is 10.0. The topological polar surface area (TPSA) is 52.5 Å². The first-order valence-corrected chi connectivity index (χ1v) is 7.35. The van der Waals surface area contributed by atoms with E-state index in [0.29, 0.717) is 6.54 Å². The van der Waals surface area contributed by atoms with Crippen LogP contribution in [0, 0.1) is 6.92 Å². The first-order chi connectivity index (χ1) is 10.1. The second-order valence-corrected chi connectivity index (χ2v) is 5.34. The van der Waals surface area contributed by atoms with Crippen LogP contribution >= 0.6 is 0 Å². The van der Waals surface area contributed by atoms with Crippen LogP contribution in [0.3, 0.4) is 0 Å². The Morgan fingerprint density at radius 2 is 1.81 bits per heavy atom. The predicted octanol–water partition coefficient (Wildman–Crippen LogP) is 3.09. The van der Waals surface area contributed by atoms with E-state index in [0.717, 1.165) is 23.1 Å². The van der Waals surface area contributed by atoms with Gasteiger partial charge in [0.25, 0.3) is 0 Å². The van der Waals surface area contributed by atoms with Crippen molar-refractivity contribution in [2.75, 3.05) is 6.61 Å². The molecular weight excluding hydrogens is 262 g/mol. The van der Waals surface area contributed by atoms with E-state index in [-0.39, 0.29) is 18.4 Å². The molecule has 1 atom stereocenters. The first-order valence-electron chi connectivity index (χ1n) is 7.35. The number of benzene rings is 2. The summed E-state index contributed by atoms with van der Waals surface area (Å²) < 4.78 is 0. The first kappa shape index (κ1) is 15.5. The van der Waals surface area contributed by atoms with Gasteiger partial charge in [0.15, 0.2) is 0 Å². The Labute approximate surface area is 126 Å². The Balaban J connectivity index is 2.06. The molecule has 0 radical (unpaired) electrons. The van der Waals surface area contributed by atoms with Crippen LogP contribution in [0.2, 0.25) is 0 Å². The molecule has 0 aliphatic rings. The standard InChI is InChI=1S/C18H23NO2/c1-3-14-5-7-15(8-6-14)17(12-20)19-11-16-10-13(2)4-9-18(16)21/h4-10,17,19-21H,3,11-12H2,1-2H3. The van der Waals surface area contributed by atoms with Gasteiger partial charge in [0.2, 0.25) is 0 Å². The Bertz CT molecular complexity index is 578. The van der Waals surface area contributed by atoms with Crippen LogP contribution in [-0.4, -0.2) is 16.8 Å². The summed E-state index contributed by atoms with van der Waals surface area (Å²) in [6, 6.07) is 13.7. The Morgan fingerprint density at radius 1 is 1.10 bits per heavy atom. The molecule has 21 heavy (non-hydrogen) atoms. The van der Waals surface area contributed by atoms with E-state index in [1.54, 1.807) is 6.07 Å². The normalized spacial score (nSPS) is 12.3. The third-order valence-electron chi connectivity index (χ3n) is 3.75. The molecule has 0 bridgehead atoms. The van der Waals surface area contributed by atoms with Crippen molar-refractivity contribution in [2.24, 2.45) is 0 Å². The fourth-order valence-corrected chi connectivity index (χ4v) is 2.36. The number of phenolic OH excluding ortho intramolecular Hbond substituents is 1. The van der Waals surface area contributed by atoms with Crippen molar-refractivity contribution in [2.45, 2.75) is 32.9 Å². The summed E-state index contributed by atoms with van der Waals surface area (Å²) in [5.74, 6) is 0.283. The zero-order valence-electron chi connectivity index (χ0n) is 12.6. The average molecular weight is 285 g/mol. The summed E-state index contributed by atoms with van der Waals surface area (Å²) in [6.07, 6.45) is 1.01. The quantitative estimate of drug-likeness (QED) is 0.764. The monoisotopic (exact) mass is 285 g/mol. The van der Waals surface area contributed by atoms with Crippen molar-refractivity contribution in [3.05, 3.63) is 64.7 Å². The zero-order chi connectivity index (χ0) is 15.2. The predicted molar refractivity (Wildman–Crippen MR) is 85.3 cm³/mol. The van der Waals surface area contributed by atoms with Gasteiger partial charge in [0.1, 0.15) is 5.75 Å². The summed E-state index contributed by atoms with van der Waals surface area (Å²) in [5, 5.41) is 22.7. The number of rotatable bonds is 6. The van der Waals surface area contributed by atoms with Crippen molar-refractivity contribution < 1.29 is 10.2 Å². The van der Waals surface area contributed by atoms with Crippen LogP contribution in [0.15, 0.2) is 42.5 Å². The highest BCUT2D eigenvalue weighted by Crippen LogP contribution is 2.20. The van der Waals surface area contributed by atoms with Gasteiger partial charge in [-0.05, 0) is 30.5 Å². The number of aliphatic hydroxyl groups excluding tert-OH is 1. The summed E-state index contributed by atoms with van der Waals surface area (Å²) in [7, 11) is 0. The minimum Gasteiger partial charge on any atom is -0.508 e. The van der Waals surface area contributed by atoms with Crippen molar-refractivity contribution in [1.29, 1.82) is 0 Å². The Morgan fingerprint density at radius 3 is 2.43 bits per heavy atom. The molecule has 0 aliphatic carbocycles. The lowest BCUT2D eigenvalue weighted by Gasteiger charge is -2.18. The molecule has 0 aromatic heterocycles. The van der Waals surface area contributed by atoms with Gasteiger partial charge in [-0.3, -0.25) is 0 Å². The largest absolute Gasteiger partial charge is 0.508 e. The SMILES string of the molecule is CCc1ccc(C(CO)NCc2cc(C)ccc2O)cc1. The molecule has 0 saturated heterocycles. The summed E-state index contributed by atoms with van der Waals surface area (Å²) >= 11 is 0. The van der Waals surface area contributed by atoms with Gasteiger partial charge in [-0.25, -0.2) is 0 Å². The maximum absolute atomic E-state index is 9.86. The van der Waals surface area contributed by atoms with Crippen molar-refractivity contribution >= 4 is 0 Å². The second-order valence-electron chi connectivity index (χ2n) is 5.34. The van der Waals surface area contributed by atoms with Crippen LogP contribution in [0.25, 0.3) is 0 Å². The fourth-order valence-electron chi connectivity index (χ4n) is 2.36. The molecule has 1 unspecified atom stereocenters. The molecular formula is C18H23NO2. The van der Waals surface area contributed by atoms with Crippen molar-refractivity contribution in [3.8, 4) is 5.75 Å².